The van der Waals surface area contributed by atoms with Gasteiger partial charge in [0, 0.05) is 18.5 Å². The molecule has 1 aromatic carbocycles. The summed E-state index contributed by atoms with van der Waals surface area (Å²) in [4.78, 5) is 13.4. The molecule has 4 rings (SSSR count). The van der Waals surface area contributed by atoms with Crippen LogP contribution in [-0.2, 0) is 11.2 Å². The topological polar surface area (TPSA) is 108 Å². The fourth-order valence-corrected chi connectivity index (χ4v) is 5.12. The van der Waals surface area contributed by atoms with Crippen LogP contribution in [0.4, 0.5) is 0 Å². The van der Waals surface area contributed by atoms with Crippen LogP contribution in [0.15, 0.2) is 24.3 Å². The Balaban J connectivity index is 1.56. The van der Waals surface area contributed by atoms with Gasteiger partial charge >= 0.3 is 0 Å². The van der Waals surface area contributed by atoms with Crippen LogP contribution in [0, 0.1) is 18.8 Å². The van der Waals surface area contributed by atoms with Crippen LogP contribution >= 0.6 is 0 Å². The minimum absolute atomic E-state index is 0.0272. The number of nitrogens with two attached hydrogens (primary N) is 1. The van der Waals surface area contributed by atoms with Crippen molar-refractivity contribution in [3.63, 3.8) is 0 Å². The van der Waals surface area contributed by atoms with Crippen LogP contribution in [0.25, 0.3) is 0 Å². The number of hydrogen-bond acceptors (Lipinski definition) is 6. The summed E-state index contributed by atoms with van der Waals surface area (Å²) in [5, 5.41) is 15.2. The second-order valence-corrected chi connectivity index (χ2v) is 8.46. The molecule has 2 fully saturated rings. The maximum Gasteiger partial charge on any atom is 0.245 e. The lowest BCUT2D eigenvalue weighted by atomic mass is 9.67. The van der Waals surface area contributed by atoms with E-state index in [-0.39, 0.29) is 18.0 Å². The Morgan fingerprint density at radius 2 is 2.10 bits per heavy atom. The number of aryl methyl sites for hydroxylation is 1. The van der Waals surface area contributed by atoms with E-state index in [9.17, 15) is 4.79 Å². The zero-order valence-corrected chi connectivity index (χ0v) is 17.1. The molecule has 3 unspecified atom stereocenters. The van der Waals surface area contributed by atoms with Crippen molar-refractivity contribution in [2.24, 2.45) is 17.6 Å². The molecule has 8 nitrogen and oxygen atoms in total. The largest absolute Gasteiger partial charge is 0.497 e. The van der Waals surface area contributed by atoms with Crippen molar-refractivity contribution in [1.82, 2.24) is 25.5 Å². The van der Waals surface area contributed by atoms with Crippen molar-refractivity contribution in [3.05, 3.63) is 35.7 Å². The van der Waals surface area contributed by atoms with Crippen LogP contribution < -0.4 is 15.8 Å². The molecular formula is C21H30N6O2. The van der Waals surface area contributed by atoms with E-state index in [1.165, 1.54) is 6.42 Å². The second kappa shape index (κ2) is 8.49. The molecule has 1 heterocycles. The highest BCUT2D eigenvalue weighted by atomic mass is 16.5. The summed E-state index contributed by atoms with van der Waals surface area (Å²) >= 11 is 0. The first-order valence-electron chi connectivity index (χ1n) is 10.5. The number of hydrogen-bond donors (Lipinski definition) is 2. The highest BCUT2D eigenvalue weighted by Crippen LogP contribution is 2.40. The molecule has 1 aromatic heterocycles. The van der Waals surface area contributed by atoms with Gasteiger partial charge in [-0.2, -0.15) is 0 Å². The van der Waals surface area contributed by atoms with E-state index in [1.807, 2.05) is 31.2 Å². The number of carbonyl (C=O) groups excluding carboxylic acids is 1. The first-order valence-corrected chi connectivity index (χ1v) is 10.5. The molecule has 0 aliphatic heterocycles. The lowest BCUT2D eigenvalue weighted by molar-refractivity contribution is -0.127. The van der Waals surface area contributed by atoms with Crippen LogP contribution in [0.1, 0.15) is 49.5 Å². The third kappa shape index (κ3) is 4.27. The number of amides is 1. The Kier molecular flexibility index (Phi) is 5.80. The van der Waals surface area contributed by atoms with Gasteiger partial charge in [-0.3, -0.25) is 4.79 Å². The second-order valence-electron chi connectivity index (χ2n) is 8.46. The van der Waals surface area contributed by atoms with E-state index in [1.54, 1.807) is 11.8 Å². The average Bonchev–Trinajstić information content (AvgIpc) is 3.12. The molecule has 29 heavy (non-hydrogen) atoms. The fourth-order valence-electron chi connectivity index (χ4n) is 5.12. The van der Waals surface area contributed by atoms with E-state index < -0.39 is 6.04 Å². The van der Waals surface area contributed by atoms with Crippen LogP contribution in [0.2, 0.25) is 0 Å². The van der Waals surface area contributed by atoms with Gasteiger partial charge in [0.25, 0.3) is 0 Å². The third-order valence-corrected chi connectivity index (χ3v) is 6.50. The highest BCUT2D eigenvalue weighted by Gasteiger charge is 2.41. The number of methoxy groups -OCH3 is 1. The van der Waals surface area contributed by atoms with Crippen molar-refractivity contribution in [2.75, 3.05) is 7.11 Å². The standard InChI is InChI=1S/C21H30N6O2/c1-13-24-25-26-27(13)19(10-14-5-3-8-18(9-14)29-2)21(28)23-20-15-6-4-7-16(20)12-17(22)11-15/h3,5,8-9,15-17,19-20H,4,6-7,10-12,22H2,1-2H3,(H,23,28). The smallest absolute Gasteiger partial charge is 0.245 e. The van der Waals surface area contributed by atoms with Gasteiger partial charge < -0.3 is 15.8 Å². The summed E-state index contributed by atoms with van der Waals surface area (Å²) in [5.41, 5.74) is 7.25. The van der Waals surface area contributed by atoms with E-state index >= 15 is 0 Å². The first-order chi connectivity index (χ1) is 14.0. The van der Waals surface area contributed by atoms with E-state index in [0.717, 1.165) is 37.0 Å². The van der Waals surface area contributed by atoms with Gasteiger partial charge in [0.05, 0.1) is 7.11 Å². The molecule has 3 N–H and O–H groups in total. The number of carbonyl (C=O) groups is 1. The Labute approximate surface area is 171 Å². The minimum atomic E-state index is -0.506. The van der Waals surface area contributed by atoms with E-state index in [2.05, 4.69) is 20.8 Å². The van der Waals surface area contributed by atoms with Gasteiger partial charge in [-0.1, -0.05) is 18.6 Å². The molecule has 8 heteroatoms. The molecule has 2 aromatic rings. The monoisotopic (exact) mass is 398 g/mol. The predicted octanol–water partition coefficient (Wildman–Crippen LogP) is 1.80. The summed E-state index contributed by atoms with van der Waals surface area (Å²) in [5.74, 6) is 2.30. The zero-order chi connectivity index (χ0) is 20.4. The minimum Gasteiger partial charge on any atom is -0.497 e. The summed E-state index contributed by atoms with van der Waals surface area (Å²) in [6.45, 7) is 1.82. The van der Waals surface area contributed by atoms with Crippen molar-refractivity contribution < 1.29 is 9.53 Å². The maximum absolute atomic E-state index is 13.4. The van der Waals surface area contributed by atoms with Crippen molar-refractivity contribution >= 4 is 5.91 Å². The van der Waals surface area contributed by atoms with Gasteiger partial charge in [-0.25, -0.2) is 4.68 Å². The van der Waals surface area contributed by atoms with Gasteiger partial charge in [0.1, 0.15) is 17.6 Å². The highest BCUT2D eigenvalue weighted by molar-refractivity contribution is 5.81. The Bertz CT molecular complexity index is 839. The number of nitrogens with zero attached hydrogens (tertiary/aromatic N) is 4. The van der Waals surface area contributed by atoms with Crippen molar-refractivity contribution in [1.29, 1.82) is 0 Å². The molecular weight excluding hydrogens is 368 g/mol. The molecule has 3 atom stereocenters. The lowest BCUT2D eigenvalue weighted by Gasteiger charge is -2.45. The van der Waals surface area contributed by atoms with Gasteiger partial charge in [-0.05, 0) is 72.6 Å². The van der Waals surface area contributed by atoms with Gasteiger partial charge in [-0.15, -0.1) is 5.10 Å². The number of nitrogens with one attached hydrogen (secondary N) is 1. The lowest BCUT2D eigenvalue weighted by Crippen LogP contribution is -2.55. The molecule has 1 amide bonds. The summed E-state index contributed by atoms with van der Waals surface area (Å²) in [6, 6.07) is 7.72. The average molecular weight is 399 g/mol. The van der Waals surface area contributed by atoms with Gasteiger partial charge in [0.2, 0.25) is 5.91 Å². The Morgan fingerprint density at radius 1 is 1.34 bits per heavy atom. The number of tetrazole rings is 1. The Morgan fingerprint density at radius 3 is 2.76 bits per heavy atom. The molecule has 0 spiro atoms. The number of fused-ring (bicyclic) bond motifs is 2. The molecule has 2 saturated carbocycles. The summed E-state index contributed by atoms with van der Waals surface area (Å²) in [6.07, 6.45) is 5.99. The molecule has 2 aliphatic carbocycles. The number of benzene rings is 1. The number of aromatic nitrogens is 4. The summed E-state index contributed by atoms with van der Waals surface area (Å²) < 4.78 is 6.96. The van der Waals surface area contributed by atoms with Crippen molar-refractivity contribution in [3.8, 4) is 5.75 Å². The van der Waals surface area contributed by atoms with Crippen LogP contribution in [-0.4, -0.2) is 45.3 Å². The Hall–Kier alpha value is -2.48. The van der Waals surface area contributed by atoms with Gasteiger partial charge in [0.15, 0.2) is 0 Å². The van der Waals surface area contributed by atoms with E-state index in [4.69, 9.17) is 10.5 Å². The number of ether oxygens (including phenoxy) is 1. The van der Waals surface area contributed by atoms with Crippen LogP contribution in [0.5, 0.6) is 5.75 Å². The van der Waals surface area contributed by atoms with Crippen molar-refractivity contribution in [2.45, 2.75) is 63.6 Å². The quantitative estimate of drug-likeness (QED) is 0.768. The SMILES string of the molecule is COc1cccc(CC(C(=O)NC2C3CCCC2CC(N)C3)n2nnnc2C)c1. The summed E-state index contributed by atoms with van der Waals surface area (Å²) in [7, 11) is 1.64. The zero-order valence-electron chi connectivity index (χ0n) is 17.1. The fraction of sp³-hybridized carbons (Fsp3) is 0.619. The molecule has 156 valence electrons. The van der Waals surface area contributed by atoms with E-state index in [0.29, 0.717) is 24.1 Å². The van der Waals surface area contributed by atoms with Crippen LogP contribution in [0.3, 0.4) is 0 Å². The molecule has 0 radical (unpaired) electrons. The molecule has 2 bridgehead atoms. The third-order valence-electron chi connectivity index (χ3n) is 6.50. The first kappa shape index (κ1) is 19.8. The predicted molar refractivity (Wildman–Crippen MR) is 108 cm³/mol. The molecule has 0 saturated heterocycles. The molecule has 2 aliphatic rings. The number of rotatable bonds is 6. The normalized spacial score (nSPS) is 27.3. The maximum atomic E-state index is 13.4.